The van der Waals surface area contributed by atoms with Crippen molar-refractivity contribution >= 4 is 22.6 Å². The predicted molar refractivity (Wildman–Crippen MR) is 88.7 cm³/mol. The van der Waals surface area contributed by atoms with E-state index >= 15 is 0 Å². The fourth-order valence-corrected chi connectivity index (χ4v) is 2.40. The number of anilines is 1. The van der Waals surface area contributed by atoms with Crippen LogP contribution in [0.25, 0.3) is 16.7 Å². The Morgan fingerprint density at radius 2 is 2.08 bits per heavy atom. The number of aryl methyl sites for hydroxylation is 1. The molecule has 1 amide bonds. The van der Waals surface area contributed by atoms with Gasteiger partial charge in [0.1, 0.15) is 11.1 Å². The van der Waals surface area contributed by atoms with Gasteiger partial charge in [-0.25, -0.2) is 9.67 Å². The molecule has 0 radical (unpaired) electrons. The minimum absolute atomic E-state index is 0.211. The summed E-state index contributed by atoms with van der Waals surface area (Å²) in [6, 6.07) is 8.53. The Morgan fingerprint density at radius 1 is 1.28 bits per heavy atom. The highest BCUT2D eigenvalue weighted by Crippen LogP contribution is 2.17. The molecule has 9 heteroatoms. The zero-order valence-electron chi connectivity index (χ0n) is 13.1. The van der Waals surface area contributed by atoms with Crippen molar-refractivity contribution in [2.45, 2.75) is 6.92 Å². The first-order valence-electron chi connectivity index (χ1n) is 7.38. The Bertz CT molecular complexity index is 1120. The van der Waals surface area contributed by atoms with Gasteiger partial charge in [-0.2, -0.15) is 5.10 Å². The van der Waals surface area contributed by atoms with Crippen LogP contribution in [0.5, 0.6) is 0 Å². The maximum atomic E-state index is 12.1. The standard InChI is InChI=1S/C16H12N6O3/c1-9-6-13(21-25-9)16(24)20-10-2-4-11(5-3-10)22-14-12(7-19-22)15(23)18-8-17-14/h2-8H,1H3,(H,20,24)(H,17,18,23). The predicted octanol–water partition coefficient (Wildman–Crippen LogP) is 1.66. The summed E-state index contributed by atoms with van der Waals surface area (Å²) >= 11 is 0. The van der Waals surface area contributed by atoms with Gasteiger partial charge in [0, 0.05) is 11.8 Å². The van der Waals surface area contributed by atoms with E-state index in [-0.39, 0.29) is 17.2 Å². The fraction of sp³-hybridized carbons (Fsp3) is 0.0625. The molecule has 0 spiro atoms. The van der Waals surface area contributed by atoms with Gasteiger partial charge in [-0.3, -0.25) is 9.59 Å². The second kappa shape index (κ2) is 5.71. The summed E-state index contributed by atoms with van der Waals surface area (Å²) in [6.07, 6.45) is 2.79. The van der Waals surface area contributed by atoms with Gasteiger partial charge < -0.3 is 14.8 Å². The molecule has 2 N–H and O–H groups in total. The van der Waals surface area contributed by atoms with Crippen molar-refractivity contribution in [2.75, 3.05) is 5.32 Å². The second-order valence-electron chi connectivity index (χ2n) is 5.35. The molecule has 1 aromatic carbocycles. The molecule has 0 bridgehead atoms. The molecule has 0 fully saturated rings. The van der Waals surface area contributed by atoms with Gasteiger partial charge in [0.05, 0.1) is 18.2 Å². The Labute approximate surface area is 140 Å². The number of H-pyrrole nitrogens is 1. The number of amides is 1. The van der Waals surface area contributed by atoms with Gasteiger partial charge in [0.2, 0.25) is 0 Å². The molecule has 3 aromatic heterocycles. The van der Waals surface area contributed by atoms with Gasteiger partial charge in [0.25, 0.3) is 11.5 Å². The minimum Gasteiger partial charge on any atom is -0.361 e. The van der Waals surface area contributed by atoms with E-state index in [9.17, 15) is 9.59 Å². The largest absolute Gasteiger partial charge is 0.361 e. The van der Waals surface area contributed by atoms with Crippen LogP contribution in [0.1, 0.15) is 16.2 Å². The van der Waals surface area contributed by atoms with Gasteiger partial charge in [-0.1, -0.05) is 5.16 Å². The summed E-state index contributed by atoms with van der Waals surface area (Å²) in [5, 5.41) is 11.0. The van der Waals surface area contributed by atoms with E-state index in [4.69, 9.17) is 4.52 Å². The number of carbonyl (C=O) groups excluding carboxylic acids is 1. The summed E-state index contributed by atoms with van der Waals surface area (Å²) in [6.45, 7) is 1.71. The van der Waals surface area contributed by atoms with Crippen LogP contribution in [0.4, 0.5) is 5.69 Å². The number of benzene rings is 1. The van der Waals surface area contributed by atoms with Crippen molar-refractivity contribution in [3.63, 3.8) is 0 Å². The number of carbonyl (C=O) groups is 1. The molecule has 0 saturated carbocycles. The van der Waals surface area contributed by atoms with Crippen molar-refractivity contribution in [1.82, 2.24) is 24.9 Å². The van der Waals surface area contributed by atoms with Crippen LogP contribution in [-0.4, -0.2) is 30.8 Å². The third kappa shape index (κ3) is 2.67. The SMILES string of the molecule is Cc1cc(C(=O)Nc2ccc(-n3ncc4c(=O)[nH]cnc43)cc2)no1. The van der Waals surface area contributed by atoms with Crippen molar-refractivity contribution in [2.24, 2.45) is 0 Å². The van der Waals surface area contributed by atoms with Crippen molar-refractivity contribution < 1.29 is 9.32 Å². The van der Waals surface area contributed by atoms with E-state index in [0.29, 0.717) is 28.2 Å². The molecule has 0 saturated heterocycles. The fourth-order valence-electron chi connectivity index (χ4n) is 2.40. The molecule has 0 aliphatic carbocycles. The molecular formula is C16H12N6O3. The van der Waals surface area contributed by atoms with Crippen molar-refractivity contribution in [3.05, 3.63) is 64.7 Å². The maximum absolute atomic E-state index is 12.1. The number of aromatic nitrogens is 5. The molecule has 9 nitrogen and oxygen atoms in total. The lowest BCUT2D eigenvalue weighted by molar-refractivity contribution is 0.101. The maximum Gasteiger partial charge on any atom is 0.277 e. The highest BCUT2D eigenvalue weighted by Gasteiger charge is 2.12. The third-order valence-electron chi connectivity index (χ3n) is 3.60. The molecule has 0 aliphatic heterocycles. The molecule has 3 heterocycles. The average Bonchev–Trinajstić information content (AvgIpc) is 3.23. The Morgan fingerprint density at radius 3 is 2.80 bits per heavy atom. The van der Waals surface area contributed by atoms with E-state index < -0.39 is 0 Å². The highest BCUT2D eigenvalue weighted by molar-refractivity contribution is 6.02. The monoisotopic (exact) mass is 336 g/mol. The lowest BCUT2D eigenvalue weighted by Gasteiger charge is -2.06. The molecule has 124 valence electrons. The number of hydrogen-bond donors (Lipinski definition) is 2. The number of nitrogens with zero attached hydrogens (tertiary/aromatic N) is 4. The topological polar surface area (TPSA) is 119 Å². The van der Waals surface area contributed by atoms with Crippen molar-refractivity contribution in [1.29, 1.82) is 0 Å². The van der Waals surface area contributed by atoms with Gasteiger partial charge in [-0.05, 0) is 31.2 Å². The smallest absolute Gasteiger partial charge is 0.277 e. The van der Waals surface area contributed by atoms with Crippen LogP contribution >= 0.6 is 0 Å². The Balaban J connectivity index is 1.60. The lowest BCUT2D eigenvalue weighted by Crippen LogP contribution is -2.12. The number of hydrogen-bond acceptors (Lipinski definition) is 6. The van der Waals surface area contributed by atoms with Gasteiger partial charge in [0.15, 0.2) is 11.3 Å². The molecule has 0 unspecified atom stereocenters. The summed E-state index contributed by atoms with van der Waals surface area (Å²) in [5.74, 6) is 0.205. The normalized spacial score (nSPS) is 10.9. The van der Waals surface area contributed by atoms with E-state index in [1.54, 1.807) is 41.9 Å². The van der Waals surface area contributed by atoms with E-state index in [1.165, 1.54) is 12.5 Å². The van der Waals surface area contributed by atoms with Gasteiger partial charge in [-0.15, -0.1) is 0 Å². The molecular weight excluding hydrogens is 324 g/mol. The summed E-state index contributed by atoms with van der Waals surface area (Å²) in [5.41, 5.74) is 1.73. The van der Waals surface area contributed by atoms with Crippen LogP contribution in [0, 0.1) is 6.92 Å². The average molecular weight is 336 g/mol. The quantitative estimate of drug-likeness (QED) is 0.587. The van der Waals surface area contributed by atoms with E-state index in [2.05, 4.69) is 25.5 Å². The Kier molecular flexibility index (Phi) is 3.38. The Hall–Kier alpha value is -3.75. The molecule has 4 rings (SSSR count). The summed E-state index contributed by atoms with van der Waals surface area (Å²) in [4.78, 5) is 30.4. The molecule has 25 heavy (non-hydrogen) atoms. The van der Waals surface area contributed by atoms with Crippen LogP contribution in [0.3, 0.4) is 0 Å². The highest BCUT2D eigenvalue weighted by atomic mass is 16.5. The first kappa shape index (κ1) is 14.8. The van der Waals surface area contributed by atoms with Crippen LogP contribution in [-0.2, 0) is 0 Å². The molecule has 0 atom stereocenters. The zero-order valence-corrected chi connectivity index (χ0v) is 13.1. The van der Waals surface area contributed by atoms with Crippen molar-refractivity contribution in [3.8, 4) is 5.69 Å². The lowest BCUT2D eigenvalue weighted by atomic mass is 10.2. The first-order chi connectivity index (χ1) is 12.1. The first-order valence-corrected chi connectivity index (χ1v) is 7.38. The van der Waals surface area contributed by atoms with E-state index in [0.717, 1.165) is 0 Å². The van der Waals surface area contributed by atoms with Crippen LogP contribution < -0.4 is 10.9 Å². The number of aromatic amines is 1. The van der Waals surface area contributed by atoms with Crippen LogP contribution in [0.2, 0.25) is 0 Å². The van der Waals surface area contributed by atoms with E-state index in [1.807, 2.05) is 0 Å². The van der Waals surface area contributed by atoms with Gasteiger partial charge >= 0.3 is 0 Å². The summed E-state index contributed by atoms with van der Waals surface area (Å²) < 4.78 is 6.44. The second-order valence-corrected chi connectivity index (χ2v) is 5.35. The number of nitrogens with one attached hydrogen (secondary N) is 2. The zero-order chi connectivity index (χ0) is 17.4. The molecule has 0 aliphatic rings. The number of rotatable bonds is 3. The molecule has 4 aromatic rings. The minimum atomic E-state index is -0.359. The van der Waals surface area contributed by atoms with Crippen LogP contribution in [0.15, 0.2) is 52.2 Å². The number of fused-ring (bicyclic) bond motifs is 1. The third-order valence-corrected chi connectivity index (χ3v) is 3.60. The summed E-state index contributed by atoms with van der Waals surface area (Å²) in [7, 11) is 0.